The number of hydrogen-bond acceptors (Lipinski definition) is 4. The number of primary amides is 1. The molecule has 11 heteroatoms. The lowest BCUT2D eigenvalue weighted by molar-refractivity contribution is 0.100. The minimum absolute atomic E-state index is 0.0613. The summed E-state index contributed by atoms with van der Waals surface area (Å²) in [6.07, 6.45) is 4.56. The Morgan fingerprint density at radius 1 is 1.22 bits per heavy atom. The van der Waals surface area contributed by atoms with E-state index in [1.807, 2.05) is 0 Å². The van der Waals surface area contributed by atoms with Gasteiger partial charge in [-0.15, -0.1) is 0 Å². The van der Waals surface area contributed by atoms with Crippen molar-refractivity contribution >= 4 is 54.7 Å². The second-order valence-electron chi connectivity index (χ2n) is 8.83. The fourth-order valence-electron chi connectivity index (χ4n) is 4.26. The average molecular weight is 592 g/mol. The third kappa shape index (κ3) is 4.72. The standard InChI is InChI=1S/C25H21BrClFN4O3S/c1-36(34,35)32(12-14-2-9-19(26)20(27)10-14)22-13-31-21(11-18(22)15-3-4-15)23(25(29)33)24(30-31)16-5-7-17(28)8-6-16/h2,5-11,13,15H,3-4,12H2,1H3,(H2,29,33). The van der Waals surface area contributed by atoms with E-state index < -0.39 is 21.7 Å². The van der Waals surface area contributed by atoms with Crippen molar-refractivity contribution in [3.8, 4) is 11.3 Å². The maximum Gasteiger partial charge on any atom is 0.253 e. The van der Waals surface area contributed by atoms with Gasteiger partial charge in [-0.3, -0.25) is 9.10 Å². The van der Waals surface area contributed by atoms with Gasteiger partial charge in [0.2, 0.25) is 10.0 Å². The number of aromatic nitrogens is 2. The molecule has 0 bridgehead atoms. The van der Waals surface area contributed by atoms with Crippen molar-refractivity contribution in [2.24, 2.45) is 5.73 Å². The summed E-state index contributed by atoms with van der Waals surface area (Å²) < 4.78 is 43.0. The van der Waals surface area contributed by atoms with Crippen LogP contribution in [0.1, 0.15) is 40.2 Å². The van der Waals surface area contributed by atoms with Gasteiger partial charge in [0.1, 0.15) is 11.5 Å². The van der Waals surface area contributed by atoms with Crippen LogP contribution in [0.3, 0.4) is 0 Å². The van der Waals surface area contributed by atoms with Crippen LogP contribution in [0.5, 0.6) is 0 Å². The van der Waals surface area contributed by atoms with Gasteiger partial charge in [-0.1, -0.05) is 17.7 Å². The summed E-state index contributed by atoms with van der Waals surface area (Å²) in [5.41, 5.74) is 9.19. The van der Waals surface area contributed by atoms with Crippen LogP contribution in [-0.4, -0.2) is 30.2 Å². The number of hydrogen-bond donors (Lipinski definition) is 1. The lowest BCUT2D eigenvalue weighted by Crippen LogP contribution is -2.30. The van der Waals surface area contributed by atoms with Crippen molar-refractivity contribution in [3.63, 3.8) is 0 Å². The number of nitrogens with zero attached hydrogens (tertiary/aromatic N) is 3. The SMILES string of the molecule is CS(=O)(=O)N(Cc1ccc(Br)c(Cl)c1)c1cn2nc(-c3ccc(F)cc3)c(C(N)=O)c2cc1C1CC1. The van der Waals surface area contributed by atoms with Gasteiger partial charge >= 0.3 is 0 Å². The first-order valence-corrected chi connectivity index (χ1v) is 14.1. The fourth-order valence-corrected chi connectivity index (χ4v) is 5.61. The van der Waals surface area contributed by atoms with E-state index in [4.69, 9.17) is 17.3 Å². The number of rotatable bonds is 7. The van der Waals surface area contributed by atoms with Crippen LogP contribution in [0.25, 0.3) is 16.8 Å². The summed E-state index contributed by atoms with van der Waals surface area (Å²) in [6.45, 7) is 0.0613. The first-order chi connectivity index (χ1) is 17.0. The summed E-state index contributed by atoms with van der Waals surface area (Å²) in [5, 5.41) is 5.03. The van der Waals surface area contributed by atoms with Crippen LogP contribution in [0.15, 0.2) is 59.2 Å². The van der Waals surface area contributed by atoms with E-state index in [2.05, 4.69) is 21.0 Å². The molecular formula is C25H21BrClFN4O3S. The maximum absolute atomic E-state index is 13.5. The number of pyridine rings is 1. The Kier molecular flexibility index (Phi) is 6.30. The van der Waals surface area contributed by atoms with Gasteiger partial charge < -0.3 is 5.73 Å². The smallest absolute Gasteiger partial charge is 0.253 e. The second-order valence-corrected chi connectivity index (χ2v) is 12.0. The van der Waals surface area contributed by atoms with Gasteiger partial charge in [0, 0.05) is 10.0 Å². The molecule has 2 aromatic heterocycles. The average Bonchev–Trinajstić information content (AvgIpc) is 3.58. The van der Waals surface area contributed by atoms with Crippen LogP contribution in [-0.2, 0) is 16.6 Å². The molecule has 36 heavy (non-hydrogen) atoms. The molecule has 0 unspecified atom stereocenters. The Hall–Kier alpha value is -2.95. The number of sulfonamides is 1. The first-order valence-electron chi connectivity index (χ1n) is 11.1. The van der Waals surface area contributed by atoms with Crippen molar-refractivity contribution < 1.29 is 17.6 Å². The second kappa shape index (κ2) is 9.17. The predicted octanol–water partition coefficient (Wildman–Crippen LogP) is 5.50. The number of anilines is 1. The Labute approximate surface area is 220 Å². The molecule has 5 rings (SSSR count). The lowest BCUT2D eigenvalue weighted by atomic mass is 10.0. The van der Waals surface area contributed by atoms with Gasteiger partial charge in [-0.05, 0) is 88.3 Å². The molecular weight excluding hydrogens is 571 g/mol. The van der Waals surface area contributed by atoms with E-state index >= 15 is 0 Å². The predicted molar refractivity (Wildman–Crippen MR) is 141 cm³/mol. The van der Waals surface area contributed by atoms with Crippen LogP contribution in [0.4, 0.5) is 10.1 Å². The molecule has 2 N–H and O–H groups in total. The van der Waals surface area contributed by atoms with E-state index in [1.54, 1.807) is 30.5 Å². The zero-order chi connectivity index (χ0) is 25.8. The zero-order valence-corrected chi connectivity index (χ0v) is 22.2. The summed E-state index contributed by atoms with van der Waals surface area (Å²) in [7, 11) is -3.71. The molecule has 0 spiro atoms. The Morgan fingerprint density at radius 2 is 1.92 bits per heavy atom. The number of benzene rings is 2. The molecule has 4 aromatic rings. The van der Waals surface area contributed by atoms with E-state index in [1.165, 1.54) is 33.1 Å². The number of halogens is 3. The topological polar surface area (TPSA) is 97.8 Å². The first kappa shape index (κ1) is 24.7. The summed E-state index contributed by atoms with van der Waals surface area (Å²) in [6, 6.07) is 12.7. The molecule has 7 nitrogen and oxygen atoms in total. The quantitative estimate of drug-likeness (QED) is 0.307. The third-order valence-electron chi connectivity index (χ3n) is 6.14. The van der Waals surface area contributed by atoms with Gasteiger partial charge in [-0.2, -0.15) is 5.10 Å². The van der Waals surface area contributed by atoms with Crippen LogP contribution < -0.4 is 10.0 Å². The molecule has 0 aliphatic heterocycles. The monoisotopic (exact) mass is 590 g/mol. The number of amides is 1. The highest BCUT2D eigenvalue weighted by atomic mass is 79.9. The van der Waals surface area contributed by atoms with E-state index in [0.29, 0.717) is 37.5 Å². The number of carbonyl (C=O) groups excluding carboxylic acids is 1. The molecule has 2 aromatic carbocycles. The Balaban J connectivity index is 1.71. The summed E-state index contributed by atoms with van der Waals surface area (Å²) >= 11 is 9.61. The van der Waals surface area contributed by atoms with Crippen LogP contribution in [0, 0.1) is 5.82 Å². The molecule has 186 valence electrons. The van der Waals surface area contributed by atoms with Crippen molar-refractivity contribution in [2.45, 2.75) is 25.3 Å². The minimum atomic E-state index is -3.71. The largest absolute Gasteiger partial charge is 0.365 e. The molecule has 1 aliphatic rings. The maximum atomic E-state index is 13.5. The van der Waals surface area contributed by atoms with E-state index in [-0.39, 0.29) is 18.0 Å². The number of nitrogens with two attached hydrogens (primary N) is 1. The van der Waals surface area contributed by atoms with E-state index in [0.717, 1.165) is 24.7 Å². The van der Waals surface area contributed by atoms with Crippen molar-refractivity contribution in [1.82, 2.24) is 9.61 Å². The van der Waals surface area contributed by atoms with Gasteiger partial charge in [0.15, 0.2) is 0 Å². The third-order valence-corrected chi connectivity index (χ3v) is 8.50. The highest BCUT2D eigenvalue weighted by molar-refractivity contribution is 9.10. The van der Waals surface area contributed by atoms with Gasteiger partial charge in [-0.25, -0.2) is 17.3 Å². The minimum Gasteiger partial charge on any atom is -0.365 e. The van der Waals surface area contributed by atoms with Gasteiger partial charge in [0.05, 0.1) is 40.8 Å². The molecule has 1 aliphatic carbocycles. The number of carbonyl (C=O) groups is 1. The molecule has 0 saturated heterocycles. The fraction of sp³-hybridized carbons (Fsp3) is 0.200. The van der Waals surface area contributed by atoms with Gasteiger partial charge in [0.25, 0.3) is 5.91 Å². The van der Waals surface area contributed by atoms with E-state index in [9.17, 15) is 17.6 Å². The van der Waals surface area contributed by atoms with Crippen LogP contribution in [0.2, 0.25) is 5.02 Å². The Bertz CT molecular complexity index is 1620. The van der Waals surface area contributed by atoms with Crippen molar-refractivity contribution in [1.29, 1.82) is 0 Å². The Morgan fingerprint density at radius 3 is 2.50 bits per heavy atom. The molecule has 1 fully saturated rings. The van der Waals surface area contributed by atoms with Crippen LogP contribution >= 0.6 is 27.5 Å². The molecule has 2 heterocycles. The number of fused-ring (bicyclic) bond motifs is 1. The molecule has 1 amide bonds. The summed E-state index contributed by atoms with van der Waals surface area (Å²) in [4.78, 5) is 12.5. The highest BCUT2D eigenvalue weighted by Crippen LogP contribution is 2.46. The molecule has 1 saturated carbocycles. The van der Waals surface area contributed by atoms with Crippen molar-refractivity contribution in [3.05, 3.63) is 86.7 Å². The molecule has 0 radical (unpaired) electrons. The summed E-state index contributed by atoms with van der Waals surface area (Å²) in [5.74, 6) is -0.950. The highest BCUT2D eigenvalue weighted by Gasteiger charge is 2.32. The van der Waals surface area contributed by atoms with Crippen molar-refractivity contribution in [2.75, 3.05) is 10.6 Å². The normalized spacial score (nSPS) is 13.8. The molecule has 0 atom stereocenters. The lowest BCUT2D eigenvalue weighted by Gasteiger charge is -2.25. The zero-order valence-electron chi connectivity index (χ0n) is 19.1.